The van der Waals surface area contributed by atoms with Crippen molar-refractivity contribution >= 4 is 0 Å². The third kappa shape index (κ3) is 11.0. The van der Waals surface area contributed by atoms with Gasteiger partial charge in [-0.15, -0.1) is 0 Å². The number of aliphatic hydroxyl groups is 15. The number of ether oxygens (including phenoxy) is 8. The normalized spacial score (nSPS) is 51.4. The predicted octanol–water partition coefficient (Wildman–Crippen LogP) is -1.96. The largest absolute Gasteiger partial charge is 0.394 e. The topological polar surface area (TPSA) is 377 Å². The molecule has 30 atom stereocenters. The summed E-state index contributed by atoms with van der Waals surface area (Å²) in [4.78, 5) is 0. The lowest BCUT2D eigenvalue weighted by Crippen LogP contribution is -2.67. The van der Waals surface area contributed by atoms with E-state index in [1.807, 2.05) is 0 Å². The molecule has 0 bridgehead atoms. The fourth-order valence-electron chi connectivity index (χ4n) is 15.7. The van der Waals surface area contributed by atoms with Gasteiger partial charge in [0.15, 0.2) is 25.2 Å². The fraction of sp³-hybridized carbons (Fsp3) is 0.964. The SMILES string of the molecule is C[C@@H]1[C@@H](O)[C@@H](OC[C@H]2O[C@@H](O[C@H](CC[C@@H](C)C3CC[C@@]4(C)C5CC=C6C(CC[C@H](O)C6(C)C)[C@]5(C)[C@H](O)C[C@]34C)C(C)(C)O)[C@H](O[C@@H]3O[C@H](CO)[C@@H](O[C@H]4O[C@H](CO)[C@@H](O)[C@H](O)[C@H]4O)[C@H](O)[C@H]3O)[C@@H](O)[C@@H]2O)O[C@H](CO)[C@H]1O. The van der Waals surface area contributed by atoms with E-state index in [2.05, 4.69) is 47.6 Å². The van der Waals surface area contributed by atoms with E-state index in [-0.39, 0.29) is 51.8 Å². The molecule has 0 radical (unpaired) electrons. The van der Waals surface area contributed by atoms with Crippen LogP contribution in [-0.2, 0) is 37.9 Å². The minimum atomic E-state index is -2.06. The molecule has 0 aromatic rings. The first-order valence-electron chi connectivity index (χ1n) is 28.4. The molecule has 0 amide bonds. The summed E-state index contributed by atoms with van der Waals surface area (Å²) in [6.07, 6.45) is -26.1. The summed E-state index contributed by atoms with van der Waals surface area (Å²) >= 11 is 0. The molecule has 3 saturated carbocycles. The van der Waals surface area contributed by atoms with Crippen LogP contribution in [0.5, 0.6) is 0 Å². The van der Waals surface area contributed by atoms with Crippen molar-refractivity contribution in [2.24, 2.45) is 51.2 Å². The van der Waals surface area contributed by atoms with Gasteiger partial charge in [-0.2, -0.15) is 0 Å². The minimum absolute atomic E-state index is 0.0413. The van der Waals surface area contributed by atoms with Gasteiger partial charge in [-0.3, -0.25) is 0 Å². The van der Waals surface area contributed by atoms with Gasteiger partial charge in [-0.05, 0) is 99.7 Å². The first kappa shape index (κ1) is 62.9. The molecule has 8 rings (SSSR count). The molecule has 7 fully saturated rings. The van der Waals surface area contributed by atoms with Crippen LogP contribution < -0.4 is 0 Å². The molecule has 23 heteroatoms. The van der Waals surface area contributed by atoms with E-state index in [9.17, 15) is 76.6 Å². The first-order valence-corrected chi connectivity index (χ1v) is 28.4. The molecule has 0 aromatic carbocycles. The van der Waals surface area contributed by atoms with Crippen LogP contribution in [0.2, 0.25) is 0 Å². The summed E-state index contributed by atoms with van der Waals surface area (Å²) in [6, 6.07) is 0. The lowest BCUT2D eigenvalue weighted by molar-refractivity contribution is -0.391. The molecule has 15 N–H and O–H groups in total. The number of hydrogen-bond acceptors (Lipinski definition) is 23. The van der Waals surface area contributed by atoms with Crippen molar-refractivity contribution in [2.45, 2.75) is 254 Å². The molecule has 0 spiro atoms. The molecule has 4 saturated heterocycles. The Hall–Kier alpha value is -1.18. The summed E-state index contributed by atoms with van der Waals surface area (Å²) in [5, 5.41) is 165. The van der Waals surface area contributed by atoms with Crippen molar-refractivity contribution in [3.8, 4) is 0 Å². The number of rotatable bonds is 17. The quantitative estimate of drug-likeness (QED) is 0.0704. The average molecular weight is 1120 g/mol. The lowest BCUT2D eigenvalue weighted by atomic mass is 9.38. The van der Waals surface area contributed by atoms with Gasteiger partial charge in [0.05, 0.1) is 56.4 Å². The van der Waals surface area contributed by atoms with Crippen molar-refractivity contribution < 1.29 is 114 Å². The lowest BCUT2D eigenvalue weighted by Gasteiger charge is -2.67. The Morgan fingerprint density at radius 1 is 0.603 bits per heavy atom. The Morgan fingerprint density at radius 2 is 1.15 bits per heavy atom. The van der Waals surface area contributed by atoms with Gasteiger partial charge in [0.25, 0.3) is 0 Å². The van der Waals surface area contributed by atoms with Gasteiger partial charge in [0.1, 0.15) is 85.5 Å². The second-order valence-electron chi connectivity index (χ2n) is 26.2. The van der Waals surface area contributed by atoms with E-state index < -0.39 is 173 Å². The molecule has 3 unspecified atom stereocenters. The van der Waals surface area contributed by atoms with Crippen LogP contribution in [0.15, 0.2) is 11.6 Å². The van der Waals surface area contributed by atoms with Crippen LogP contribution in [0.3, 0.4) is 0 Å². The monoisotopic (exact) mass is 1120 g/mol. The first-order chi connectivity index (χ1) is 36.4. The van der Waals surface area contributed by atoms with Crippen molar-refractivity contribution in [2.75, 3.05) is 26.4 Å². The van der Waals surface area contributed by atoms with Crippen LogP contribution in [0.4, 0.5) is 0 Å². The Balaban J connectivity index is 1.01. The van der Waals surface area contributed by atoms with Gasteiger partial charge in [0, 0.05) is 16.7 Å². The molecule has 4 heterocycles. The Kier molecular flexibility index (Phi) is 19.1. The predicted molar refractivity (Wildman–Crippen MR) is 271 cm³/mol. The Bertz CT molecular complexity index is 2020. The van der Waals surface area contributed by atoms with Gasteiger partial charge in [-0.1, -0.05) is 60.1 Å². The van der Waals surface area contributed by atoms with Crippen LogP contribution in [0.1, 0.15) is 114 Å². The minimum Gasteiger partial charge on any atom is -0.394 e. The zero-order chi connectivity index (χ0) is 57.5. The van der Waals surface area contributed by atoms with Gasteiger partial charge in [0.2, 0.25) is 0 Å². The standard InChI is InChI=1S/C55H94O23/c1-23(25-16-17-53(7)32-13-11-26-27(12-14-33(59)51(26,3)4)55(32,9)34(60)18-54(25,53)8)10-15-35(52(5,6)70)76-50-46(41(66)39(64)31(75-50)22-71-47-37(62)24(2)36(61)28(19-56)72-47)78-49-44(69)42(67)45(30(21-58)74-49)77-48-43(68)40(65)38(63)29(20-57)73-48/h11,23-25,27-50,56-70H,10,12-22H2,1-9H3/t23-,24+,25?,27?,28-,29-,30-,31-,32?,33+,34-,35-,36+,37-,38-,39-,40+,41+,42-,43-,44-,45-,46-,47+,48-,49+,50+,53+,54-,55+/m1/s1. The summed E-state index contributed by atoms with van der Waals surface area (Å²) in [7, 11) is 0. The Labute approximate surface area is 457 Å². The summed E-state index contributed by atoms with van der Waals surface area (Å²) in [5.74, 6) is -0.254. The zero-order valence-corrected chi connectivity index (χ0v) is 46.6. The van der Waals surface area contributed by atoms with Crippen molar-refractivity contribution in [1.29, 1.82) is 0 Å². The van der Waals surface area contributed by atoms with Crippen LogP contribution in [0, 0.1) is 51.2 Å². The molecule has 4 aliphatic carbocycles. The molecule has 452 valence electrons. The summed E-state index contributed by atoms with van der Waals surface area (Å²) in [5.41, 5.74) is -1.50. The third-order valence-corrected chi connectivity index (χ3v) is 21.2. The average Bonchev–Trinajstić information content (AvgIpc) is 3.90. The van der Waals surface area contributed by atoms with Crippen LogP contribution in [0.25, 0.3) is 0 Å². The Morgan fingerprint density at radius 3 is 1.78 bits per heavy atom. The van der Waals surface area contributed by atoms with Crippen molar-refractivity contribution in [3.05, 3.63) is 11.6 Å². The molecular weight excluding hydrogens is 1030 g/mol. The second-order valence-corrected chi connectivity index (χ2v) is 26.2. The smallest absolute Gasteiger partial charge is 0.187 e. The molecule has 78 heavy (non-hydrogen) atoms. The summed E-state index contributed by atoms with van der Waals surface area (Å²) in [6.45, 7) is 15.2. The maximum atomic E-state index is 12.5. The highest BCUT2D eigenvalue weighted by molar-refractivity contribution is 5.31. The fourth-order valence-corrected chi connectivity index (χ4v) is 15.7. The van der Waals surface area contributed by atoms with Crippen LogP contribution >= 0.6 is 0 Å². The molecular formula is C55H94O23. The number of aliphatic hydroxyl groups excluding tert-OH is 14. The van der Waals surface area contributed by atoms with E-state index in [4.69, 9.17) is 37.9 Å². The van der Waals surface area contributed by atoms with E-state index in [1.54, 1.807) is 0 Å². The van der Waals surface area contributed by atoms with E-state index in [0.717, 1.165) is 25.7 Å². The van der Waals surface area contributed by atoms with Gasteiger partial charge < -0.3 is 114 Å². The number of allylic oxidation sites excluding steroid dienone is 1. The van der Waals surface area contributed by atoms with E-state index in [0.29, 0.717) is 19.3 Å². The number of fused-ring (bicyclic) bond motifs is 5. The zero-order valence-electron chi connectivity index (χ0n) is 46.6. The third-order valence-electron chi connectivity index (χ3n) is 21.2. The number of hydrogen-bond donors (Lipinski definition) is 15. The molecule has 8 aliphatic rings. The maximum Gasteiger partial charge on any atom is 0.187 e. The maximum absolute atomic E-state index is 12.5. The highest BCUT2D eigenvalue weighted by atomic mass is 16.8. The highest BCUT2D eigenvalue weighted by Gasteiger charge is 2.70. The van der Waals surface area contributed by atoms with E-state index >= 15 is 0 Å². The van der Waals surface area contributed by atoms with Gasteiger partial charge in [-0.25, -0.2) is 0 Å². The summed E-state index contributed by atoms with van der Waals surface area (Å²) < 4.78 is 47.7. The molecule has 23 nitrogen and oxygen atoms in total. The van der Waals surface area contributed by atoms with Crippen LogP contribution in [-0.4, -0.2) is 244 Å². The second kappa shape index (κ2) is 23.7. The highest BCUT2D eigenvalue weighted by Crippen LogP contribution is 2.75. The molecule has 4 aliphatic heterocycles. The van der Waals surface area contributed by atoms with Crippen molar-refractivity contribution in [1.82, 2.24) is 0 Å². The van der Waals surface area contributed by atoms with Gasteiger partial charge >= 0.3 is 0 Å². The molecule has 0 aromatic heterocycles. The van der Waals surface area contributed by atoms with Crippen molar-refractivity contribution in [3.63, 3.8) is 0 Å². The van der Waals surface area contributed by atoms with E-state index in [1.165, 1.54) is 26.3 Å².